The van der Waals surface area contributed by atoms with Crippen molar-refractivity contribution in [2.75, 3.05) is 45.2 Å². The number of thiocarbonyl (C=S) groups is 1. The summed E-state index contributed by atoms with van der Waals surface area (Å²) in [6.45, 7) is 7.33. The number of ether oxygens (including phenoxy) is 2. The minimum atomic E-state index is -0.389. The van der Waals surface area contributed by atoms with E-state index in [1.807, 2.05) is 30.3 Å². The van der Waals surface area contributed by atoms with Crippen LogP contribution >= 0.6 is 24.0 Å². The van der Waals surface area contributed by atoms with Gasteiger partial charge in [-0.1, -0.05) is 38.2 Å². The van der Waals surface area contributed by atoms with Crippen molar-refractivity contribution in [3.63, 3.8) is 0 Å². The average Bonchev–Trinajstić information content (AvgIpc) is 3.19. The van der Waals surface area contributed by atoms with Gasteiger partial charge in [-0.25, -0.2) is 4.79 Å². The number of hydrogen-bond acceptors (Lipinski definition) is 8. The Morgan fingerprint density at radius 2 is 1.76 bits per heavy atom. The van der Waals surface area contributed by atoms with Crippen molar-refractivity contribution < 1.29 is 23.9 Å². The van der Waals surface area contributed by atoms with Gasteiger partial charge >= 0.3 is 5.97 Å². The first-order valence-corrected chi connectivity index (χ1v) is 13.8. The molecule has 10 heteroatoms. The molecule has 0 atom stereocenters. The first-order valence-electron chi connectivity index (χ1n) is 12.5. The van der Waals surface area contributed by atoms with E-state index in [0.29, 0.717) is 47.3 Å². The number of nitrogens with one attached hydrogen (secondary N) is 1. The Morgan fingerprint density at radius 3 is 2.39 bits per heavy atom. The van der Waals surface area contributed by atoms with E-state index in [9.17, 15) is 14.4 Å². The van der Waals surface area contributed by atoms with Gasteiger partial charge in [-0.15, -0.1) is 0 Å². The van der Waals surface area contributed by atoms with Gasteiger partial charge < -0.3 is 19.7 Å². The van der Waals surface area contributed by atoms with Crippen LogP contribution in [0.15, 0.2) is 53.4 Å². The molecule has 1 N–H and O–H groups in total. The molecule has 1 fully saturated rings. The molecule has 0 aromatic heterocycles. The van der Waals surface area contributed by atoms with Gasteiger partial charge in [0, 0.05) is 25.2 Å². The molecule has 0 saturated carbocycles. The summed E-state index contributed by atoms with van der Waals surface area (Å²) < 4.78 is 10.5. The second kappa shape index (κ2) is 14.7. The predicted octanol–water partition coefficient (Wildman–Crippen LogP) is 5.45. The molecule has 202 valence electrons. The largest absolute Gasteiger partial charge is 0.497 e. The molecule has 0 unspecified atom stereocenters. The highest BCUT2D eigenvalue weighted by Crippen LogP contribution is 2.33. The zero-order valence-electron chi connectivity index (χ0n) is 21.9. The molecule has 0 spiro atoms. The van der Waals surface area contributed by atoms with Crippen LogP contribution in [0.1, 0.15) is 42.6 Å². The zero-order chi connectivity index (χ0) is 27.5. The van der Waals surface area contributed by atoms with Crippen molar-refractivity contribution in [2.24, 2.45) is 0 Å². The molecule has 1 heterocycles. The topological polar surface area (TPSA) is 88.2 Å². The number of nitrogens with zero attached hydrogens (tertiary/aromatic N) is 2. The normalized spacial score (nSPS) is 14.3. The molecule has 0 radical (unpaired) electrons. The zero-order valence-corrected chi connectivity index (χ0v) is 23.5. The fourth-order valence-corrected chi connectivity index (χ4v) is 5.04. The van der Waals surface area contributed by atoms with Gasteiger partial charge in [0.15, 0.2) is 0 Å². The maximum absolute atomic E-state index is 12.5. The number of benzene rings is 2. The predicted molar refractivity (Wildman–Crippen MR) is 156 cm³/mol. The summed E-state index contributed by atoms with van der Waals surface area (Å²) in [7, 11) is 1.61. The molecular weight excluding hydrogens is 522 g/mol. The lowest BCUT2D eigenvalue weighted by atomic mass is 10.2. The number of esters is 1. The number of likely N-dealkylation sites (N-methyl/N-ethyl adjacent to an activating group) is 1. The van der Waals surface area contributed by atoms with Crippen LogP contribution in [0.2, 0.25) is 0 Å². The van der Waals surface area contributed by atoms with E-state index in [2.05, 4.69) is 24.1 Å². The molecule has 2 amide bonds. The number of carbonyl (C=O) groups is 3. The summed E-state index contributed by atoms with van der Waals surface area (Å²) in [5.41, 5.74) is 1.94. The van der Waals surface area contributed by atoms with Crippen LogP contribution in [0.25, 0.3) is 6.08 Å². The summed E-state index contributed by atoms with van der Waals surface area (Å²) in [6, 6.07) is 14.1. The van der Waals surface area contributed by atoms with E-state index in [-0.39, 0.29) is 23.5 Å². The van der Waals surface area contributed by atoms with Gasteiger partial charge in [-0.3, -0.25) is 14.5 Å². The van der Waals surface area contributed by atoms with E-state index in [4.69, 9.17) is 21.7 Å². The fourth-order valence-electron chi connectivity index (χ4n) is 3.75. The molecule has 1 aliphatic heterocycles. The SMILES string of the molecule is CCN(CC)CCOC(=O)c1ccc(NC(=O)CCCN2C(=O)SC(=Cc3ccc(OC)cc3)C2=S)cc1. The van der Waals surface area contributed by atoms with Crippen molar-refractivity contribution in [1.82, 2.24) is 9.80 Å². The molecular formula is C28H33N3O5S2. The van der Waals surface area contributed by atoms with Crippen LogP contribution in [0.3, 0.4) is 0 Å². The first-order chi connectivity index (χ1) is 18.3. The number of carbonyl (C=O) groups excluding carboxylic acids is 3. The smallest absolute Gasteiger partial charge is 0.338 e. The Balaban J connectivity index is 1.43. The number of methoxy groups -OCH3 is 1. The molecule has 0 bridgehead atoms. The lowest BCUT2D eigenvalue weighted by Crippen LogP contribution is -2.28. The minimum absolute atomic E-state index is 0.144. The van der Waals surface area contributed by atoms with E-state index in [1.54, 1.807) is 31.4 Å². The van der Waals surface area contributed by atoms with Crippen LogP contribution in [-0.2, 0) is 9.53 Å². The third-order valence-electron chi connectivity index (χ3n) is 6.01. The Labute approximate surface area is 233 Å². The molecule has 1 aliphatic rings. The third kappa shape index (κ3) is 8.41. The number of anilines is 1. The molecule has 8 nitrogen and oxygen atoms in total. The highest BCUT2D eigenvalue weighted by atomic mass is 32.2. The fraction of sp³-hybridized carbons (Fsp3) is 0.357. The summed E-state index contributed by atoms with van der Waals surface area (Å²) in [4.78, 5) is 42.0. The van der Waals surface area contributed by atoms with Gasteiger partial charge in [0.1, 0.15) is 17.3 Å². The van der Waals surface area contributed by atoms with Gasteiger partial charge in [0.2, 0.25) is 5.91 Å². The molecule has 0 aliphatic carbocycles. The second-order valence-electron chi connectivity index (χ2n) is 8.50. The number of thioether (sulfide) groups is 1. The maximum Gasteiger partial charge on any atom is 0.338 e. The molecule has 2 aromatic rings. The van der Waals surface area contributed by atoms with Crippen LogP contribution in [0.5, 0.6) is 5.75 Å². The summed E-state index contributed by atoms with van der Waals surface area (Å²) >= 11 is 6.60. The number of amides is 2. The van der Waals surface area contributed by atoms with Crippen molar-refractivity contribution in [2.45, 2.75) is 26.7 Å². The number of rotatable bonds is 13. The van der Waals surface area contributed by atoms with Crippen LogP contribution in [-0.4, -0.2) is 71.8 Å². The van der Waals surface area contributed by atoms with Crippen molar-refractivity contribution in [1.29, 1.82) is 0 Å². The highest BCUT2D eigenvalue weighted by molar-refractivity contribution is 8.19. The molecule has 38 heavy (non-hydrogen) atoms. The molecule has 3 rings (SSSR count). The minimum Gasteiger partial charge on any atom is -0.497 e. The monoisotopic (exact) mass is 555 g/mol. The van der Waals surface area contributed by atoms with Crippen molar-refractivity contribution in [3.8, 4) is 5.75 Å². The highest BCUT2D eigenvalue weighted by Gasteiger charge is 2.31. The van der Waals surface area contributed by atoms with Gasteiger partial charge in [-0.2, -0.15) is 0 Å². The quantitative estimate of drug-likeness (QED) is 0.198. The molecule has 1 saturated heterocycles. The summed E-state index contributed by atoms with van der Waals surface area (Å²) in [6.07, 6.45) is 2.57. The lowest BCUT2D eigenvalue weighted by molar-refractivity contribution is -0.116. The Hall–Kier alpha value is -3.21. The van der Waals surface area contributed by atoms with Crippen LogP contribution in [0, 0.1) is 0 Å². The van der Waals surface area contributed by atoms with Crippen LogP contribution < -0.4 is 10.1 Å². The van der Waals surface area contributed by atoms with E-state index < -0.39 is 0 Å². The van der Waals surface area contributed by atoms with Crippen LogP contribution in [0.4, 0.5) is 10.5 Å². The van der Waals surface area contributed by atoms with Gasteiger partial charge in [-0.05, 0) is 79.3 Å². The van der Waals surface area contributed by atoms with E-state index in [0.717, 1.165) is 36.2 Å². The lowest BCUT2D eigenvalue weighted by Gasteiger charge is -2.17. The Kier molecular flexibility index (Phi) is 11.3. The van der Waals surface area contributed by atoms with Gasteiger partial charge in [0.05, 0.1) is 17.6 Å². The van der Waals surface area contributed by atoms with Crippen molar-refractivity contribution >= 4 is 57.8 Å². The first kappa shape index (κ1) is 29.3. The second-order valence-corrected chi connectivity index (χ2v) is 9.88. The standard InChI is InChI=1S/C28H33N3O5S2/c1-4-30(5-2)17-18-36-27(33)21-10-12-22(13-11-21)29-25(32)7-6-16-31-26(37)24(38-28(31)34)19-20-8-14-23(35-3)15-9-20/h8-15,19H,4-7,16-18H2,1-3H3,(H,29,32). The summed E-state index contributed by atoms with van der Waals surface area (Å²) in [5, 5.41) is 2.68. The van der Waals surface area contributed by atoms with E-state index >= 15 is 0 Å². The van der Waals surface area contributed by atoms with E-state index in [1.165, 1.54) is 4.90 Å². The maximum atomic E-state index is 12.5. The Morgan fingerprint density at radius 1 is 1.08 bits per heavy atom. The number of hydrogen-bond donors (Lipinski definition) is 1. The third-order valence-corrected chi connectivity index (χ3v) is 7.51. The average molecular weight is 556 g/mol. The van der Waals surface area contributed by atoms with Gasteiger partial charge in [0.25, 0.3) is 5.24 Å². The molecule has 2 aromatic carbocycles. The summed E-state index contributed by atoms with van der Waals surface area (Å²) in [5.74, 6) is 0.183. The van der Waals surface area contributed by atoms with Crippen molar-refractivity contribution in [3.05, 3.63) is 64.6 Å². The Bertz CT molecular complexity index is 1160.